The van der Waals surface area contributed by atoms with Crippen LogP contribution in [0.3, 0.4) is 0 Å². The van der Waals surface area contributed by atoms with E-state index in [9.17, 15) is 19.0 Å². The van der Waals surface area contributed by atoms with Crippen molar-refractivity contribution in [2.75, 3.05) is 40.9 Å². The van der Waals surface area contributed by atoms with E-state index < -0.39 is 20.0 Å². The highest BCUT2D eigenvalue weighted by atomic mass is 31.2. The van der Waals surface area contributed by atoms with Gasteiger partial charge in [0.15, 0.2) is 0 Å². The third-order valence-corrected chi connectivity index (χ3v) is 16.0. The summed E-state index contributed by atoms with van der Waals surface area (Å²) in [6, 6.07) is -0.887. The van der Waals surface area contributed by atoms with Gasteiger partial charge in [0.2, 0.25) is 5.91 Å². The summed E-state index contributed by atoms with van der Waals surface area (Å²) >= 11 is 0. The van der Waals surface area contributed by atoms with E-state index in [2.05, 4.69) is 62.5 Å². The molecule has 458 valence electrons. The fourth-order valence-electron chi connectivity index (χ4n) is 9.83. The zero-order chi connectivity index (χ0) is 57.2. The number of hydrogen-bond donors (Lipinski definition) is 1. The topological polar surface area (TPSA) is 114 Å². The van der Waals surface area contributed by atoms with Crippen molar-refractivity contribution < 1.29 is 37.3 Å². The molecule has 0 aliphatic heterocycles. The van der Waals surface area contributed by atoms with Gasteiger partial charge in [-0.1, -0.05) is 288 Å². The molecule has 0 aromatic carbocycles. The first kappa shape index (κ1) is 76.0. The van der Waals surface area contributed by atoms with Crippen LogP contribution in [0.4, 0.5) is 0 Å². The predicted octanol–water partition coefficient (Wildman–Crippen LogP) is 20.2. The summed E-state index contributed by atoms with van der Waals surface area (Å²) in [5.74, 6) is -0.529. The summed E-state index contributed by atoms with van der Waals surface area (Å²) in [7, 11) is 1.19. The molecule has 9 nitrogen and oxygen atoms in total. The average Bonchev–Trinajstić information content (AvgIpc) is 3.40. The monoisotopic (exact) mass is 1120 g/mol. The number of amides is 1. The lowest BCUT2D eigenvalue weighted by molar-refractivity contribution is -0.870. The molecule has 0 radical (unpaired) electrons. The van der Waals surface area contributed by atoms with E-state index >= 15 is 0 Å². The minimum atomic E-state index is -4.70. The maximum absolute atomic E-state index is 13.6. The van der Waals surface area contributed by atoms with Gasteiger partial charge in [0.1, 0.15) is 19.3 Å². The van der Waals surface area contributed by atoms with Crippen LogP contribution in [0.25, 0.3) is 0 Å². The molecule has 0 aliphatic rings. The largest absolute Gasteiger partial charge is 0.756 e. The van der Waals surface area contributed by atoms with Gasteiger partial charge < -0.3 is 28.5 Å². The van der Waals surface area contributed by atoms with E-state index in [1.807, 2.05) is 33.3 Å². The Bertz CT molecular complexity index is 1470. The van der Waals surface area contributed by atoms with Crippen molar-refractivity contribution in [2.24, 2.45) is 0 Å². The molecule has 3 unspecified atom stereocenters. The lowest BCUT2D eigenvalue weighted by atomic mass is 10.0. The molecule has 0 aromatic rings. The predicted molar refractivity (Wildman–Crippen MR) is 335 cm³/mol. The molecule has 0 rings (SSSR count). The van der Waals surface area contributed by atoms with Gasteiger partial charge in [-0.15, -0.1) is 0 Å². The number of hydrogen-bond acceptors (Lipinski definition) is 7. The van der Waals surface area contributed by atoms with Crippen LogP contribution in [0.5, 0.6) is 0 Å². The van der Waals surface area contributed by atoms with E-state index in [4.69, 9.17) is 13.8 Å². The first-order valence-corrected chi connectivity index (χ1v) is 34.9. The number of carbonyl (C=O) groups excluding carboxylic acids is 2. The molecule has 0 aliphatic carbocycles. The number of phosphoric acid groups is 1. The fraction of sp³-hybridized carbons (Fsp3) is 0.853. The highest BCUT2D eigenvalue weighted by Gasteiger charge is 2.27. The van der Waals surface area contributed by atoms with Gasteiger partial charge in [-0.25, -0.2) is 0 Å². The van der Waals surface area contributed by atoms with E-state index in [1.165, 1.54) is 218 Å². The van der Waals surface area contributed by atoms with E-state index in [-0.39, 0.29) is 31.5 Å². The number of phosphoric ester groups is 1. The fourth-order valence-corrected chi connectivity index (χ4v) is 10.5. The van der Waals surface area contributed by atoms with E-state index in [1.54, 1.807) is 0 Å². The van der Waals surface area contributed by atoms with E-state index in [0.29, 0.717) is 17.4 Å². The summed E-state index contributed by atoms with van der Waals surface area (Å²) in [6.45, 7) is 6.85. The van der Waals surface area contributed by atoms with Gasteiger partial charge >= 0.3 is 5.97 Å². The Morgan fingerprint density at radius 1 is 0.449 bits per heavy atom. The summed E-state index contributed by atoms with van der Waals surface area (Å²) in [4.78, 5) is 40.1. The van der Waals surface area contributed by atoms with Crippen molar-refractivity contribution in [2.45, 2.75) is 335 Å². The Kier molecular flexibility index (Phi) is 56.7. The third kappa shape index (κ3) is 58.6. The molecule has 0 heterocycles. The number of quaternary nitrogens is 1. The first-order chi connectivity index (χ1) is 37.9. The molecule has 1 N–H and O–H groups in total. The molecule has 0 aromatic heterocycles. The van der Waals surface area contributed by atoms with Crippen molar-refractivity contribution in [1.82, 2.24) is 5.32 Å². The van der Waals surface area contributed by atoms with Gasteiger partial charge in [0.25, 0.3) is 7.82 Å². The molecular weight excluding hydrogens is 988 g/mol. The normalized spacial score (nSPS) is 13.9. The number of carbonyl (C=O) groups is 2. The number of esters is 1. The summed E-state index contributed by atoms with van der Waals surface area (Å²) in [5.41, 5.74) is 0. The molecule has 0 bridgehead atoms. The average molecular weight is 1120 g/mol. The first-order valence-electron chi connectivity index (χ1n) is 33.4. The van der Waals surface area contributed by atoms with Crippen LogP contribution in [0, 0.1) is 0 Å². The molecule has 0 saturated heterocycles. The zero-order valence-electron chi connectivity index (χ0n) is 52.4. The molecule has 3 atom stereocenters. The SMILES string of the molecule is CCCCC/C=C\C/C=C\C/C=C\CCCCCCCCCCCCCCC(=O)NC(COP(=O)([O-])OCC[N+](C)(C)C)C(/C=C\CCCCCCCCCCCCC)OC(=O)CCCCCCCCCCCCCCCC. The molecule has 0 saturated carbocycles. The minimum Gasteiger partial charge on any atom is -0.756 e. The number of ether oxygens (including phenoxy) is 1. The zero-order valence-corrected chi connectivity index (χ0v) is 53.3. The molecule has 1 amide bonds. The maximum Gasteiger partial charge on any atom is 0.306 e. The highest BCUT2D eigenvalue weighted by Crippen LogP contribution is 2.38. The van der Waals surface area contributed by atoms with Crippen molar-refractivity contribution in [3.05, 3.63) is 48.6 Å². The standard InChI is InChI=1S/C68H129N2O7P/c1-7-10-13-16-19-22-25-28-30-31-32-33-34-35-36-37-38-39-40-42-45-48-51-54-57-60-67(71)69-65(64-76-78(73,74)75-63-62-70(4,5)6)66(59-56-53-50-47-44-41-27-24-21-18-15-12-9-3)77-68(72)61-58-55-52-49-46-43-29-26-23-20-17-14-11-8-2/h19,22,28,30,32-33,56,59,65-66H,7-18,20-21,23-27,29,31,34-55,57-58,60-64H2,1-6H3,(H-,69,71,73,74)/b22-19-,30-28-,33-32-,59-56-. The lowest BCUT2D eigenvalue weighted by Gasteiger charge is -2.30. The molecule has 0 fully saturated rings. The van der Waals surface area contributed by atoms with Crippen LogP contribution in [0.15, 0.2) is 48.6 Å². The Balaban J connectivity index is 5.10. The summed E-state index contributed by atoms with van der Waals surface area (Å²) in [6.07, 6.45) is 72.2. The van der Waals surface area contributed by atoms with Gasteiger partial charge in [0, 0.05) is 12.8 Å². The Morgan fingerprint density at radius 3 is 1.19 bits per heavy atom. The Hall–Kier alpha value is -2.03. The number of nitrogens with one attached hydrogen (secondary N) is 1. The highest BCUT2D eigenvalue weighted by molar-refractivity contribution is 7.45. The molecule has 0 spiro atoms. The van der Waals surface area contributed by atoms with Crippen LogP contribution in [0.1, 0.15) is 323 Å². The van der Waals surface area contributed by atoms with Crippen LogP contribution < -0.4 is 10.2 Å². The van der Waals surface area contributed by atoms with E-state index in [0.717, 1.165) is 70.6 Å². The van der Waals surface area contributed by atoms with Crippen molar-refractivity contribution in [3.63, 3.8) is 0 Å². The van der Waals surface area contributed by atoms with Gasteiger partial charge in [-0.05, 0) is 70.3 Å². The van der Waals surface area contributed by atoms with Crippen molar-refractivity contribution in [3.8, 4) is 0 Å². The summed E-state index contributed by atoms with van der Waals surface area (Å²) in [5, 5.41) is 3.04. The number of nitrogens with zero attached hydrogens (tertiary/aromatic N) is 1. The Morgan fingerprint density at radius 2 is 0.782 bits per heavy atom. The molecule has 78 heavy (non-hydrogen) atoms. The number of allylic oxidation sites excluding steroid dienone is 7. The van der Waals surface area contributed by atoms with Crippen molar-refractivity contribution >= 4 is 19.7 Å². The van der Waals surface area contributed by atoms with Crippen LogP contribution >= 0.6 is 7.82 Å². The number of likely N-dealkylation sites (N-methyl/N-ethyl adjacent to an activating group) is 1. The maximum atomic E-state index is 13.6. The third-order valence-electron chi connectivity index (χ3n) is 15.0. The minimum absolute atomic E-state index is 0.0209. The lowest BCUT2D eigenvalue weighted by Crippen LogP contribution is -2.47. The van der Waals surface area contributed by atoms with Gasteiger partial charge in [-0.3, -0.25) is 14.2 Å². The van der Waals surface area contributed by atoms with Gasteiger partial charge in [-0.2, -0.15) is 0 Å². The molecular formula is C68H129N2O7P. The number of rotatable bonds is 61. The Labute approximate surface area is 484 Å². The van der Waals surface area contributed by atoms with Crippen LogP contribution in [-0.2, 0) is 27.9 Å². The van der Waals surface area contributed by atoms with Crippen LogP contribution in [-0.4, -0.2) is 69.4 Å². The van der Waals surface area contributed by atoms with Crippen LogP contribution in [0.2, 0.25) is 0 Å². The summed E-state index contributed by atoms with van der Waals surface area (Å²) < 4.78 is 30.4. The second-order valence-corrected chi connectivity index (χ2v) is 25.4. The quantitative estimate of drug-likeness (QED) is 0.0212. The van der Waals surface area contributed by atoms with Crippen molar-refractivity contribution in [1.29, 1.82) is 0 Å². The smallest absolute Gasteiger partial charge is 0.306 e. The molecule has 10 heteroatoms. The second-order valence-electron chi connectivity index (χ2n) is 24.0. The van der Waals surface area contributed by atoms with Gasteiger partial charge in [0.05, 0.1) is 33.8 Å². The number of unbranched alkanes of at least 4 members (excludes halogenated alkanes) is 39. The second kappa shape index (κ2) is 58.2.